The molecule has 1 heterocycles. The minimum Gasteiger partial charge on any atom is -0.495 e. The molecule has 1 N–H and O–H groups in total. The van der Waals surface area contributed by atoms with Crippen LogP contribution in [0.4, 0.5) is 5.69 Å². The van der Waals surface area contributed by atoms with Gasteiger partial charge in [0.15, 0.2) is 5.76 Å². The van der Waals surface area contributed by atoms with Crippen LogP contribution in [0.5, 0.6) is 5.75 Å². The lowest BCUT2D eigenvalue weighted by atomic mass is 10.1. The van der Waals surface area contributed by atoms with Crippen LogP contribution in [0.1, 0.15) is 23.0 Å². The summed E-state index contributed by atoms with van der Waals surface area (Å²) in [7, 11) is -2.54. The molecule has 0 saturated carbocycles. The quantitative estimate of drug-likeness (QED) is 0.586. The number of hydrogen-bond donors (Lipinski definition) is 1. The van der Waals surface area contributed by atoms with Crippen LogP contribution in [0, 0.1) is 6.92 Å². The van der Waals surface area contributed by atoms with Gasteiger partial charge in [-0.2, -0.15) is 0 Å². The van der Waals surface area contributed by atoms with Crippen LogP contribution in [-0.2, 0) is 14.8 Å². The van der Waals surface area contributed by atoms with E-state index in [1.807, 2.05) is 0 Å². The van der Waals surface area contributed by atoms with Gasteiger partial charge in [0.1, 0.15) is 10.6 Å². The van der Waals surface area contributed by atoms with Gasteiger partial charge in [0.2, 0.25) is 0 Å². The van der Waals surface area contributed by atoms with Crippen LogP contribution in [0.25, 0.3) is 11.3 Å². The first-order valence-corrected chi connectivity index (χ1v) is 10.2. The number of sulfonamides is 1. The number of nitrogens with one attached hydrogen (secondary N) is 1. The average molecular weight is 416 g/mol. The van der Waals surface area contributed by atoms with Gasteiger partial charge in [-0.3, -0.25) is 4.72 Å². The van der Waals surface area contributed by atoms with E-state index in [1.165, 1.54) is 37.4 Å². The highest BCUT2D eigenvalue weighted by molar-refractivity contribution is 7.92. The first kappa shape index (κ1) is 20.4. The van der Waals surface area contributed by atoms with Gasteiger partial charge in [-0.15, -0.1) is 0 Å². The predicted molar refractivity (Wildman–Crippen MR) is 106 cm³/mol. The second-order valence-electron chi connectivity index (χ2n) is 6.10. The highest BCUT2D eigenvalue weighted by Crippen LogP contribution is 2.31. The van der Waals surface area contributed by atoms with Gasteiger partial charge in [-0.05, 0) is 56.3 Å². The Kier molecular flexibility index (Phi) is 5.88. The number of aromatic nitrogens is 1. The highest BCUT2D eigenvalue weighted by atomic mass is 32.2. The van der Waals surface area contributed by atoms with Crippen molar-refractivity contribution in [2.75, 3.05) is 18.4 Å². The number of aryl methyl sites for hydroxylation is 1. The Morgan fingerprint density at radius 3 is 2.45 bits per heavy atom. The highest BCUT2D eigenvalue weighted by Gasteiger charge is 2.21. The number of methoxy groups -OCH3 is 1. The Bertz CT molecular complexity index is 1120. The summed E-state index contributed by atoms with van der Waals surface area (Å²) in [6.45, 7) is 3.76. The number of carbonyl (C=O) groups excluding carboxylic acids is 1. The van der Waals surface area contributed by atoms with Gasteiger partial charge in [-0.1, -0.05) is 5.16 Å². The average Bonchev–Trinajstić information content (AvgIpc) is 3.14. The summed E-state index contributed by atoms with van der Waals surface area (Å²) in [4.78, 5) is 11.7. The smallest absolute Gasteiger partial charge is 0.338 e. The fourth-order valence-electron chi connectivity index (χ4n) is 2.64. The molecule has 0 unspecified atom stereocenters. The lowest BCUT2D eigenvalue weighted by Crippen LogP contribution is -2.14. The molecule has 0 bridgehead atoms. The molecule has 0 atom stereocenters. The summed E-state index contributed by atoms with van der Waals surface area (Å²) in [6.07, 6.45) is 0. The Balaban J connectivity index is 1.86. The molecule has 0 saturated heterocycles. The number of benzene rings is 2. The van der Waals surface area contributed by atoms with Gasteiger partial charge in [0.05, 0.1) is 25.0 Å². The van der Waals surface area contributed by atoms with E-state index in [0.717, 1.165) is 0 Å². The van der Waals surface area contributed by atoms with Gasteiger partial charge in [-0.25, -0.2) is 13.2 Å². The third kappa shape index (κ3) is 4.57. The van der Waals surface area contributed by atoms with Crippen LogP contribution in [0.15, 0.2) is 57.9 Å². The van der Waals surface area contributed by atoms with E-state index in [-0.39, 0.29) is 17.3 Å². The summed E-state index contributed by atoms with van der Waals surface area (Å²) < 4.78 is 43.5. The van der Waals surface area contributed by atoms with Crippen molar-refractivity contribution in [2.24, 2.45) is 0 Å². The topological polar surface area (TPSA) is 108 Å². The standard InChI is InChI=1S/C20H20N2O6S/c1-4-27-20(23)14-5-8-16(9-6-14)22-29(24,25)19-10-7-15(12-18(19)26-3)17-11-13(2)21-28-17/h5-12,22H,4H2,1-3H3. The fourth-order valence-corrected chi connectivity index (χ4v) is 3.85. The van der Waals surface area contributed by atoms with Crippen LogP contribution in [0.3, 0.4) is 0 Å². The summed E-state index contributed by atoms with van der Waals surface area (Å²) >= 11 is 0. The third-order valence-electron chi connectivity index (χ3n) is 4.01. The van der Waals surface area contributed by atoms with E-state index in [0.29, 0.717) is 28.3 Å². The van der Waals surface area contributed by atoms with Crippen molar-refractivity contribution in [3.05, 3.63) is 59.8 Å². The number of anilines is 1. The molecule has 0 amide bonds. The van der Waals surface area contributed by atoms with Crippen molar-refractivity contribution in [3.8, 4) is 17.1 Å². The molecule has 0 aliphatic rings. The van der Waals surface area contributed by atoms with Crippen molar-refractivity contribution in [1.82, 2.24) is 5.16 Å². The fraction of sp³-hybridized carbons (Fsp3) is 0.200. The van der Waals surface area contributed by atoms with Crippen molar-refractivity contribution in [1.29, 1.82) is 0 Å². The number of carbonyl (C=O) groups is 1. The Hall–Kier alpha value is -3.33. The lowest BCUT2D eigenvalue weighted by Gasteiger charge is -2.12. The van der Waals surface area contributed by atoms with Crippen LogP contribution >= 0.6 is 0 Å². The third-order valence-corrected chi connectivity index (χ3v) is 5.43. The van der Waals surface area contributed by atoms with E-state index >= 15 is 0 Å². The van der Waals surface area contributed by atoms with Crippen molar-refractivity contribution in [2.45, 2.75) is 18.7 Å². The number of ether oxygens (including phenoxy) is 2. The maximum Gasteiger partial charge on any atom is 0.338 e. The van der Waals surface area contributed by atoms with E-state index < -0.39 is 16.0 Å². The maximum atomic E-state index is 12.8. The van der Waals surface area contributed by atoms with Crippen LogP contribution in [-0.4, -0.2) is 33.3 Å². The number of rotatable bonds is 7. The summed E-state index contributed by atoms with van der Waals surface area (Å²) in [6, 6.07) is 12.3. The minimum atomic E-state index is -3.93. The van der Waals surface area contributed by atoms with Crippen LogP contribution < -0.4 is 9.46 Å². The molecule has 29 heavy (non-hydrogen) atoms. The molecule has 152 valence electrons. The maximum absolute atomic E-state index is 12.8. The predicted octanol–water partition coefficient (Wildman–Crippen LogP) is 3.64. The molecule has 0 fully saturated rings. The second-order valence-corrected chi connectivity index (χ2v) is 7.75. The van der Waals surface area contributed by atoms with Gasteiger partial charge >= 0.3 is 5.97 Å². The summed E-state index contributed by atoms with van der Waals surface area (Å²) in [5, 5.41) is 3.83. The molecule has 0 aliphatic carbocycles. The van der Waals surface area contributed by atoms with E-state index in [9.17, 15) is 13.2 Å². The first-order valence-electron chi connectivity index (χ1n) is 8.76. The van der Waals surface area contributed by atoms with Gasteiger partial charge < -0.3 is 14.0 Å². The second kappa shape index (κ2) is 8.36. The van der Waals surface area contributed by atoms with E-state index in [4.69, 9.17) is 14.0 Å². The van der Waals surface area contributed by atoms with E-state index in [2.05, 4.69) is 9.88 Å². The molecule has 2 aromatic carbocycles. The minimum absolute atomic E-state index is 0.0329. The Morgan fingerprint density at radius 2 is 1.86 bits per heavy atom. The lowest BCUT2D eigenvalue weighted by molar-refractivity contribution is 0.0526. The summed E-state index contributed by atoms with van der Waals surface area (Å²) in [5.74, 6) is 0.196. The first-order chi connectivity index (χ1) is 13.8. The summed E-state index contributed by atoms with van der Waals surface area (Å²) in [5.41, 5.74) is 1.98. The largest absolute Gasteiger partial charge is 0.495 e. The monoisotopic (exact) mass is 416 g/mol. The molecular weight excluding hydrogens is 396 g/mol. The number of hydrogen-bond acceptors (Lipinski definition) is 7. The van der Waals surface area contributed by atoms with Crippen molar-refractivity contribution >= 4 is 21.7 Å². The molecule has 0 radical (unpaired) electrons. The molecule has 0 spiro atoms. The zero-order valence-electron chi connectivity index (χ0n) is 16.1. The van der Waals surface area contributed by atoms with Crippen molar-refractivity contribution < 1.29 is 27.2 Å². The molecular formula is C20H20N2O6S. The van der Waals surface area contributed by atoms with Crippen molar-refractivity contribution in [3.63, 3.8) is 0 Å². The Morgan fingerprint density at radius 1 is 1.14 bits per heavy atom. The number of nitrogens with zero attached hydrogens (tertiary/aromatic N) is 1. The molecule has 0 aliphatic heterocycles. The van der Waals surface area contributed by atoms with Gasteiger partial charge in [0.25, 0.3) is 10.0 Å². The molecule has 3 aromatic rings. The molecule has 8 nitrogen and oxygen atoms in total. The molecule has 1 aromatic heterocycles. The zero-order chi connectivity index (χ0) is 21.0. The molecule has 3 rings (SSSR count). The number of esters is 1. The van der Waals surface area contributed by atoms with E-state index in [1.54, 1.807) is 32.0 Å². The Labute approximate surface area is 168 Å². The SMILES string of the molecule is CCOC(=O)c1ccc(NS(=O)(=O)c2ccc(-c3cc(C)no3)cc2OC)cc1. The normalized spacial score (nSPS) is 11.1. The zero-order valence-corrected chi connectivity index (χ0v) is 16.9. The van der Waals surface area contributed by atoms with Gasteiger partial charge in [0, 0.05) is 17.3 Å². The van der Waals surface area contributed by atoms with Crippen LogP contribution in [0.2, 0.25) is 0 Å². The molecule has 9 heteroatoms.